The summed E-state index contributed by atoms with van der Waals surface area (Å²) in [5, 5.41) is 21.2. The van der Waals surface area contributed by atoms with Gasteiger partial charge in [0.05, 0.1) is 12.4 Å². The van der Waals surface area contributed by atoms with Gasteiger partial charge in [-0.05, 0) is 24.0 Å². The minimum atomic E-state index is -0.364. The second-order valence-corrected chi connectivity index (χ2v) is 6.17. The van der Waals surface area contributed by atoms with Crippen LogP contribution in [-0.4, -0.2) is 42.2 Å². The van der Waals surface area contributed by atoms with E-state index in [1.165, 1.54) is 9.35 Å². The average Bonchev–Trinajstić information content (AvgIpc) is 3.22. The van der Waals surface area contributed by atoms with Gasteiger partial charge in [0.15, 0.2) is 11.6 Å². The predicted octanol–water partition coefficient (Wildman–Crippen LogP) is 1.13. The first-order valence-electron chi connectivity index (χ1n) is 9.13. The fourth-order valence-corrected chi connectivity index (χ4v) is 2.57. The van der Waals surface area contributed by atoms with Gasteiger partial charge in [-0.15, -0.1) is 0 Å². The molecule has 0 saturated heterocycles. The molecule has 146 valence electrons. The molecule has 0 aliphatic rings. The van der Waals surface area contributed by atoms with Gasteiger partial charge in [-0.3, -0.25) is 0 Å². The summed E-state index contributed by atoms with van der Waals surface area (Å²) in [4.78, 5) is 23.5. The Labute approximate surface area is 160 Å². The number of rotatable bonds is 8. The number of aromatic nitrogens is 6. The number of hydrogen-bond donors (Lipinski definition) is 2. The highest BCUT2D eigenvalue weighted by Gasteiger charge is 2.06. The van der Waals surface area contributed by atoms with E-state index in [1.807, 2.05) is 38.1 Å². The highest BCUT2D eigenvalue weighted by atomic mass is 16.2. The maximum Gasteiger partial charge on any atom is 0.364 e. The quantitative estimate of drug-likeness (QED) is 0.566. The largest absolute Gasteiger partial charge is 0.364 e. The Bertz CT molecular complexity index is 995. The van der Waals surface area contributed by atoms with Crippen molar-refractivity contribution in [1.82, 2.24) is 29.7 Å². The minimum absolute atomic E-state index is 0.364. The third-order valence-corrected chi connectivity index (χ3v) is 3.96. The van der Waals surface area contributed by atoms with Gasteiger partial charge in [-0.2, -0.15) is 29.8 Å². The van der Waals surface area contributed by atoms with Crippen molar-refractivity contribution < 1.29 is 0 Å². The van der Waals surface area contributed by atoms with E-state index >= 15 is 0 Å². The number of aryl methyl sites for hydroxylation is 2. The number of aromatic amines is 2. The van der Waals surface area contributed by atoms with Crippen LogP contribution in [0.15, 0.2) is 44.1 Å². The molecule has 0 atom stereocenters. The van der Waals surface area contributed by atoms with E-state index in [1.54, 1.807) is 12.4 Å². The highest BCUT2D eigenvalue weighted by molar-refractivity contribution is 5.84. The standard InChI is InChI=1S/C18H22N8O2/c1-3-5-15-21-23-17(27)25(15)19-11-13-7-9-14(10-8-13)12-20-26-16(6-4-2)22-24-18(26)28/h7-12H,3-6H2,1-2H3,(H,23,27)(H,24,28)/b19-11+,20-12+. The zero-order valence-corrected chi connectivity index (χ0v) is 15.8. The summed E-state index contributed by atoms with van der Waals surface area (Å²) in [5.74, 6) is 1.20. The number of benzene rings is 1. The van der Waals surface area contributed by atoms with Gasteiger partial charge in [0.1, 0.15) is 0 Å². The first-order chi connectivity index (χ1) is 13.6. The SMILES string of the molecule is CCCc1n[nH]c(=O)n1/N=C/c1ccc(/C=N/n2c(CCC)n[nH]c2=O)cc1. The molecule has 0 unspecified atom stereocenters. The van der Waals surface area contributed by atoms with Crippen LogP contribution < -0.4 is 11.4 Å². The molecule has 2 aromatic heterocycles. The maximum absolute atomic E-state index is 11.8. The second-order valence-electron chi connectivity index (χ2n) is 6.17. The summed E-state index contributed by atoms with van der Waals surface area (Å²) in [6.45, 7) is 4.02. The molecule has 0 fully saturated rings. The number of hydrogen-bond acceptors (Lipinski definition) is 6. The smallest absolute Gasteiger partial charge is 0.244 e. The van der Waals surface area contributed by atoms with Gasteiger partial charge in [-0.1, -0.05) is 38.1 Å². The van der Waals surface area contributed by atoms with Crippen molar-refractivity contribution in [2.75, 3.05) is 0 Å². The van der Waals surface area contributed by atoms with Crippen LogP contribution in [0, 0.1) is 0 Å². The van der Waals surface area contributed by atoms with Gasteiger partial charge in [-0.25, -0.2) is 19.8 Å². The molecular weight excluding hydrogens is 360 g/mol. The zero-order chi connectivity index (χ0) is 19.9. The van der Waals surface area contributed by atoms with E-state index in [9.17, 15) is 9.59 Å². The highest BCUT2D eigenvalue weighted by Crippen LogP contribution is 2.02. The fourth-order valence-electron chi connectivity index (χ4n) is 2.57. The van der Waals surface area contributed by atoms with Crippen molar-refractivity contribution >= 4 is 12.4 Å². The molecule has 0 aliphatic carbocycles. The van der Waals surface area contributed by atoms with E-state index in [2.05, 4.69) is 30.6 Å². The first kappa shape index (κ1) is 19.2. The molecule has 2 N–H and O–H groups in total. The van der Waals surface area contributed by atoms with Crippen LogP contribution in [0.2, 0.25) is 0 Å². The molecule has 0 amide bonds. The molecule has 0 saturated carbocycles. The predicted molar refractivity (Wildman–Crippen MR) is 106 cm³/mol. The fraction of sp³-hybridized carbons (Fsp3) is 0.333. The number of H-pyrrole nitrogens is 2. The van der Waals surface area contributed by atoms with E-state index < -0.39 is 0 Å². The molecule has 10 heteroatoms. The lowest BCUT2D eigenvalue weighted by Crippen LogP contribution is -2.15. The van der Waals surface area contributed by atoms with E-state index in [4.69, 9.17) is 0 Å². The molecule has 0 bridgehead atoms. The van der Waals surface area contributed by atoms with Gasteiger partial charge >= 0.3 is 11.4 Å². The molecule has 2 heterocycles. The Morgan fingerprint density at radius 2 is 1.21 bits per heavy atom. The second kappa shape index (κ2) is 8.89. The molecule has 3 rings (SSSR count). The molecule has 0 aliphatic heterocycles. The molecular formula is C18H22N8O2. The summed E-state index contributed by atoms with van der Waals surface area (Å²) in [6, 6.07) is 7.39. The van der Waals surface area contributed by atoms with Crippen LogP contribution in [-0.2, 0) is 12.8 Å². The summed E-state index contributed by atoms with van der Waals surface area (Å²) < 4.78 is 2.53. The molecule has 28 heavy (non-hydrogen) atoms. The molecule has 3 aromatic rings. The summed E-state index contributed by atoms with van der Waals surface area (Å²) in [5.41, 5.74) is 0.911. The Morgan fingerprint density at radius 1 is 0.821 bits per heavy atom. The Balaban J connectivity index is 1.74. The Kier molecular flexibility index (Phi) is 6.10. The zero-order valence-electron chi connectivity index (χ0n) is 15.8. The summed E-state index contributed by atoms with van der Waals surface area (Å²) in [7, 11) is 0. The number of nitrogens with zero attached hydrogens (tertiary/aromatic N) is 6. The third-order valence-electron chi connectivity index (χ3n) is 3.96. The monoisotopic (exact) mass is 382 g/mol. The summed E-state index contributed by atoms with van der Waals surface area (Å²) >= 11 is 0. The first-order valence-corrected chi connectivity index (χ1v) is 9.13. The van der Waals surface area contributed by atoms with Crippen molar-refractivity contribution in [1.29, 1.82) is 0 Å². The van der Waals surface area contributed by atoms with Crippen molar-refractivity contribution in [3.63, 3.8) is 0 Å². The van der Waals surface area contributed by atoms with Crippen LogP contribution in [0.4, 0.5) is 0 Å². The van der Waals surface area contributed by atoms with E-state index in [-0.39, 0.29) is 11.4 Å². The molecule has 10 nitrogen and oxygen atoms in total. The topological polar surface area (TPSA) is 126 Å². The average molecular weight is 382 g/mol. The molecule has 1 aromatic carbocycles. The van der Waals surface area contributed by atoms with Crippen LogP contribution >= 0.6 is 0 Å². The van der Waals surface area contributed by atoms with Crippen molar-refractivity contribution in [3.8, 4) is 0 Å². The van der Waals surface area contributed by atoms with Gasteiger partial charge < -0.3 is 0 Å². The minimum Gasteiger partial charge on any atom is -0.244 e. The van der Waals surface area contributed by atoms with E-state index in [0.717, 1.165) is 24.0 Å². The van der Waals surface area contributed by atoms with Crippen LogP contribution in [0.3, 0.4) is 0 Å². The molecule has 0 spiro atoms. The lowest BCUT2D eigenvalue weighted by molar-refractivity contribution is 0.730. The lowest BCUT2D eigenvalue weighted by Gasteiger charge is -1.99. The van der Waals surface area contributed by atoms with Gasteiger partial charge in [0.2, 0.25) is 0 Å². The normalized spacial score (nSPS) is 11.8. The number of nitrogens with one attached hydrogen (secondary N) is 2. The van der Waals surface area contributed by atoms with Gasteiger partial charge in [0, 0.05) is 12.8 Å². The summed E-state index contributed by atoms with van der Waals surface area (Å²) in [6.07, 6.45) is 6.26. The van der Waals surface area contributed by atoms with Crippen LogP contribution in [0.1, 0.15) is 49.5 Å². The van der Waals surface area contributed by atoms with E-state index in [0.29, 0.717) is 24.5 Å². The van der Waals surface area contributed by atoms with Gasteiger partial charge in [0.25, 0.3) is 0 Å². The van der Waals surface area contributed by atoms with Crippen molar-refractivity contribution in [2.45, 2.75) is 39.5 Å². The third kappa shape index (κ3) is 4.40. The Hall–Kier alpha value is -3.56. The van der Waals surface area contributed by atoms with Crippen molar-refractivity contribution in [2.24, 2.45) is 10.2 Å². The van der Waals surface area contributed by atoms with Crippen LogP contribution in [0.5, 0.6) is 0 Å². The van der Waals surface area contributed by atoms with Crippen LogP contribution in [0.25, 0.3) is 0 Å². The maximum atomic E-state index is 11.8. The lowest BCUT2D eigenvalue weighted by atomic mass is 10.2. The Morgan fingerprint density at radius 3 is 1.57 bits per heavy atom. The molecule has 0 radical (unpaired) electrons. The van der Waals surface area contributed by atoms with Crippen molar-refractivity contribution in [3.05, 3.63) is 68.0 Å².